The van der Waals surface area contributed by atoms with E-state index in [1.54, 1.807) is 0 Å². The first-order valence-electron chi connectivity index (χ1n) is 20.4. The van der Waals surface area contributed by atoms with Crippen LogP contribution in [0, 0.1) is 0 Å². The third-order valence-corrected chi connectivity index (χ3v) is 31.3. The standard InChI is InChI=1S/C33H33.C10H7.C6H4Cl.C5H5.CH2.Zr/c1-32(2,3)30-20-26-24(18-28(30)22-13-9-7-10-14-22)17-25-19-29(23-15-11-8-12-16-23)31(21-27(25)26)33(4,5)6;1-2-6-10-8-4-3-7-9(10)5-1;7-6-4-2-1-3-5-6;1-2-4-5-3-1;;/h7-21H,1-6H3;1-7H;2-5H;1-5H;1H2;. The molecule has 0 atom stereocenters. The van der Waals surface area contributed by atoms with Crippen LogP contribution in [0.2, 0.25) is 8.65 Å². The SMILES string of the molecule is [CH2]=[Zr]([c]1ccc(Cl)cc1)([c]1cccc2ccccc12)([CH]1C=CC=C1)[CH]1c2cc(-c3ccccc3)c(C(C)(C)C)cc2-c2cc(C(C)(C)C)c(-c3ccccc3)cc21. The zero-order chi connectivity index (χ0) is 39.8. The molecule has 57 heavy (non-hydrogen) atoms. The molecule has 0 fully saturated rings. The molecule has 9 rings (SSSR count). The van der Waals surface area contributed by atoms with Gasteiger partial charge in [0.2, 0.25) is 0 Å². The van der Waals surface area contributed by atoms with E-state index in [0.717, 1.165) is 5.02 Å². The summed E-state index contributed by atoms with van der Waals surface area (Å²) in [6.45, 7) is 14.2. The van der Waals surface area contributed by atoms with Crippen molar-refractivity contribution in [3.8, 4) is 33.4 Å². The first kappa shape index (κ1) is 37.9. The third kappa shape index (κ3) is 5.91. The van der Waals surface area contributed by atoms with E-state index in [2.05, 4.69) is 218 Å². The van der Waals surface area contributed by atoms with Crippen molar-refractivity contribution in [2.45, 2.75) is 59.6 Å². The van der Waals surface area contributed by atoms with Crippen LogP contribution in [0.1, 0.15) is 67.4 Å². The van der Waals surface area contributed by atoms with Crippen LogP contribution in [0.25, 0.3) is 44.2 Å². The number of fused-ring (bicyclic) bond motifs is 4. The zero-order valence-electron chi connectivity index (χ0n) is 34.0. The molecule has 0 amide bonds. The second-order valence-electron chi connectivity index (χ2n) is 18.6. The average molecular weight is 839 g/mol. The van der Waals surface area contributed by atoms with Gasteiger partial charge in [-0.05, 0) is 0 Å². The van der Waals surface area contributed by atoms with E-state index < -0.39 is 18.3 Å². The fraction of sp³-hybridized carbons (Fsp3) is 0.182. The van der Waals surface area contributed by atoms with Gasteiger partial charge in [0.15, 0.2) is 0 Å². The molecule has 0 saturated heterocycles. The maximum atomic E-state index is 6.80. The van der Waals surface area contributed by atoms with E-state index in [4.69, 9.17) is 15.8 Å². The van der Waals surface area contributed by atoms with Crippen LogP contribution in [0.15, 0.2) is 176 Å². The first-order valence-corrected chi connectivity index (χ1v) is 27.8. The molecule has 0 nitrogen and oxygen atoms in total. The predicted molar refractivity (Wildman–Crippen MR) is 246 cm³/mol. The van der Waals surface area contributed by atoms with E-state index >= 15 is 0 Å². The topological polar surface area (TPSA) is 0 Å². The van der Waals surface area contributed by atoms with Crippen LogP contribution < -0.4 is 6.54 Å². The summed E-state index contributed by atoms with van der Waals surface area (Å²) in [5.74, 6) is 0. The molecule has 7 aromatic carbocycles. The Kier molecular flexibility index (Phi) is 9.12. The fourth-order valence-electron chi connectivity index (χ4n) is 10.5. The Labute approximate surface area is 345 Å². The van der Waals surface area contributed by atoms with Gasteiger partial charge in [0.25, 0.3) is 0 Å². The number of hydrogen-bond acceptors (Lipinski definition) is 0. The van der Waals surface area contributed by atoms with E-state index in [0.29, 0.717) is 0 Å². The van der Waals surface area contributed by atoms with Crippen LogP contribution in [-0.2, 0) is 29.1 Å². The van der Waals surface area contributed by atoms with Crippen molar-refractivity contribution >= 4 is 33.1 Å². The van der Waals surface area contributed by atoms with E-state index in [1.165, 1.54) is 72.9 Å². The monoisotopic (exact) mass is 836 g/mol. The van der Waals surface area contributed by atoms with Gasteiger partial charge in [0, 0.05) is 0 Å². The molecule has 0 bridgehead atoms. The summed E-state index contributed by atoms with van der Waals surface area (Å²) in [5, 5.41) is 3.29. The van der Waals surface area contributed by atoms with Gasteiger partial charge in [-0.2, -0.15) is 0 Å². The molecule has 0 heterocycles. The molecule has 0 aliphatic heterocycles. The number of allylic oxidation sites excluding steroid dienone is 4. The van der Waals surface area contributed by atoms with Crippen molar-refractivity contribution in [3.63, 3.8) is 0 Å². The maximum absolute atomic E-state index is 6.80. The molecule has 0 aromatic heterocycles. The summed E-state index contributed by atoms with van der Waals surface area (Å²) in [5.41, 5.74) is 13.1. The second-order valence-corrected chi connectivity index (χ2v) is 32.8. The van der Waals surface area contributed by atoms with Crippen LogP contribution in [-0.4, -0.2) is 4.21 Å². The summed E-state index contributed by atoms with van der Waals surface area (Å²) in [4.78, 5) is 0. The normalized spacial score (nSPS) is 14.7. The number of halogens is 1. The van der Waals surface area contributed by atoms with Gasteiger partial charge in [-0.25, -0.2) is 0 Å². The molecule has 2 aliphatic rings. The summed E-state index contributed by atoms with van der Waals surface area (Å²) >= 11 is 1.56. The Morgan fingerprint density at radius 1 is 0.509 bits per heavy atom. The Hall–Kier alpha value is -4.68. The molecule has 0 radical (unpaired) electrons. The van der Waals surface area contributed by atoms with Gasteiger partial charge in [-0.1, -0.05) is 0 Å². The molecule has 0 saturated carbocycles. The van der Waals surface area contributed by atoms with Crippen LogP contribution in [0.5, 0.6) is 0 Å². The Balaban J connectivity index is 1.53. The third-order valence-electron chi connectivity index (χ3n) is 13.2. The number of hydrogen-bond donors (Lipinski definition) is 0. The molecular formula is C55H51ClZr. The van der Waals surface area contributed by atoms with Crippen molar-refractivity contribution in [2.75, 3.05) is 0 Å². The van der Waals surface area contributed by atoms with Crippen molar-refractivity contribution in [3.05, 3.63) is 203 Å². The first-order chi connectivity index (χ1) is 27.3. The van der Waals surface area contributed by atoms with Gasteiger partial charge in [0.1, 0.15) is 0 Å². The Morgan fingerprint density at radius 2 is 0.982 bits per heavy atom. The number of benzene rings is 7. The van der Waals surface area contributed by atoms with Gasteiger partial charge >= 0.3 is 348 Å². The predicted octanol–water partition coefficient (Wildman–Crippen LogP) is 14.2. The molecule has 7 aromatic rings. The molecule has 0 unspecified atom stereocenters. The second kappa shape index (κ2) is 13.7. The summed E-state index contributed by atoms with van der Waals surface area (Å²) in [6.07, 6.45) is 9.46. The van der Waals surface area contributed by atoms with Gasteiger partial charge in [-0.15, -0.1) is 0 Å². The van der Waals surface area contributed by atoms with Gasteiger partial charge < -0.3 is 0 Å². The van der Waals surface area contributed by atoms with Crippen molar-refractivity contribution in [2.24, 2.45) is 0 Å². The molecular weight excluding hydrogens is 787 g/mol. The summed E-state index contributed by atoms with van der Waals surface area (Å²) in [7, 11) is 0. The summed E-state index contributed by atoms with van der Waals surface area (Å²) < 4.78 is 8.84. The van der Waals surface area contributed by atoms with Crippen molar-refractivity contribution in [1.82, 2.24) is 0 Å². The summed E-state index contributed by atoms with van der Waals surface area (Å²) in [6, 6.07) is 57.2. The minimum absolute atomic E-state index is 0.00576. The molecule has 2 aliphatic carbocycles. The van der Waals surface area contributed by atoms with Gasteiger partial charge in [0.05, 0.1) is 0 Å². The van der Waals surface area contributed by atoms with E-state index in [1.807, 2.05) is 0 Å². The van der Waals surface area contributed by atoms with Crippen molar-refractivity contribution < 1.29 is 18.3 Å². The quantitative estimate of drug-likeness (QED) is 0.157. The van der Waals surface area contributed by atoms with Crippen LogP contribution in [0.3, 0.4) is 0 Å². The van der Waals surface area contributed by atoms with Gasteiger partial charge in [-0.3, -0.25) is 0 Å². The average Bonchev–Trinajstić information content (AvgIpc) is 3.88. The number of rotatable bonds is 6. The molecule has 282 valence electrons. The Bertz CT molecular complexity index is 2680. The Morgan fingerprint density at radius 3 is 1.49 bits per heavy atom. The van der Waals surface area contributed by atoms with Crippen LogP contribution >= 0.6 is 11.6 Å². The molecule has 0 spiro atoms. The van der Waals surface area contributed by atoms with Crippen molar-refractivity contribution in [1.29, 1.82) is 0 Å². The van der Waals surface area contributed by atoms with Crippen LogP contribution in [0.4, 0.5) is 0 Å². The van der Waals surface area contributed by atoms with E-state index in [-0.39, 0.29) is 18.1 Å². The molecule has 2 heteroatoms. The minimum atomic E-state index is -5.25. The fourth-order valence-corrected chi connectivity index (χ4v) is 28.8. The molecule has 0 N–H and O–H groups in total. The zero-order valence-corrected chi connectivity index (χ0v) is 37.2. The van der Waals surface area contributed by atoms with E-state index in [9.17, 15) is 0 Å².